The summed E-state index contributed by atoms with van der Waals surface area (Å²) in [6, 6.07) is 4.76. The summed E-state index contributed by atoms with van der Waals surface area (Å²) in [7, 11) is 0. The predicted octanol–water partition coefficient (Wildman–Crippen LogP) is 1.86. The Kier molecular flexibility index (Phi) is 3.10. The fourth-order valence-corrected chi connectivity index (χ4v) is 1.03. The van der Waals surface area contributed by atoms with Gasteiger partial charge in [0.15, 0.2) is 6.10 Å². The molecule has 0 unspecified atom stereocenters. The molecule has 0 spiro atoms. The zero-order valence-electron chi connectivity index (χ0n) is 7.54. The van der Waals surface area contributed by atoms with Gasteiger partial charge >= 0.3 is 6.18 Å². The first kappa shape index (κ1) is 11.0. The fraction of sp³-hybridized carbons (Fsp3) is 0.444. The quantitative estimate of drug-likeness (QED) is 0.799. The molecule has 0 aliphatic heterocycles. The Morgan fingerprint density at radius 1 is 1.43 bits per heavy atom. The molecule has 0 aliphatic carbocycles. The summed E-state index contributed by atoms with van der Waals surface area (Å²) in [5, 5.41) is 8.77. The highest BCUT2D eigenvalue weighted by Crippen LogP contribution is 2.22. The molecular formula is C9H10F3NO. The molecule has 0 saturated carbocycles. The van der Waals surface area contributed by atoms with Gasteiger partial charge in [-0.2, -0.15) is 13.2 Å². The van der Waals surface area contributed by atoms with E-state index < -0.39 is 18.7 Å². The molecule has 1 aromatic rings. The van der Waals surface area contributed by atoms with Crippen molar-refractivity contribution in [2.45, 2.75) is 25.6 Å². The van der Waals surface area contributed by atoms with E-state index in [0.717, 1.165) is 0 Å². The Bertz CT molecular complexity index is 311. The summed E-state index contributed by atoms with van der Waals surface area (Å²) in [6.45, 7) is 1.68. The Morgan fingerprint density at radius 2 is 2.07 bits per heavy atom. The van der Waals surface area contributed by atoms with E-state index in [4.69, 9.17) is 5.11 Å². The lowest BCUT2D eigenvalue weighted by Crippen LogP contribution is -2.30. The van der Waals surface area contributed by atoms with Crippen LogP contribution in [0.25, 0.3) is 0 Å². The smallest absolute Gasteiger partial charge is 0.383 e. The van der Waals surface area contributed by atoms with E-state index in [1.54, 1.807) is 19.1 Å². The molecule has 1 atom stereocenters. The number of halogens is 3. The van der Waals surface area contributed by atoms with Crippen molar-refractivity contribution in [3.05, 3.63) is 29.6 Å². The van der Waals surface area contributed by atoms with Crippen LogP contribution in [-0.4, -0.2) is 22.4 Å². The van der Waals surface area contributed by atoms with E-state index in [0.29, 0.717) is 5.69 Å². The molecule has 1 N–H and O–H groups in total. The standard InChI is InChI=1S/C9H10F3NO/c1-6-3-2-4-7(13-6)5-8(14)9(10,11)12/h2-4,8,14H,5H2,1H3/t8-/m0/s1. The van der Waals surface area contributed by atoms with E-state index in [-0.39, 0.29) is 5.69 Å². The molecule has 5 heteroatoms. The van der Waals surface area contributed by atoms with E-state index in [1.165, 1.54) is 6.07 Å². The molecule has 78 valence electrons. The average Bonchev–Trinajstić information content (AvgIpc) is 2.02. The molecule has 1 heterocycles. The number of aryl methyl sites for hydroxylation is 1. The molecular weight excluding hydrogens is 195 g/mol. The number of hydrogen-bond donors (Lipinski definition) is 1. The van der Waals surface area contributed by atoms with Crippen molar-refractivity contribution in [2.75, 3.05) is 0 Å². The van der Waals surface area contributed by atoms with E-state index >= 15 is 0 Å². The maximum atomic E-state index is 12.0. The van der Waals surface area contributed by atoms with Crippen molar-refractivity contribution in [1.82, 2.24) is 4.98 Å². The second-order valence-corrected chi connectivity index (χ2v) is 3.03. The van der Waals surface area contributed by atoms with Crippen molar-refractivity contribution >= 4 is 0 Å². The third-order valence-electron chi connectivity index (χ3n) is 1.73. The Hall–Kier alpha value is -1.10. The van der Waals surface area contributed by atoms with Crippen LogP contribution in [0.2, 0.25) is 0 Å². The number of nitrogens with zero attached hydrogens (tertiary/aromatic N) is 1. The van der Waals surface area contributed by atoms with Crippen LogP contribution < -0.4 is 0 Å². The second-order valence-electron chi connectivity index (χ2n) is 3.03. The summed E-state index contributed by atoms with van der Waals surface area (Å²) in [4.78, 5) is 3.87. The molecule has 0 amide bonds. The summed E-state index contributed by atoms with van der Waals surface area (Å²) >= 11 is 0. The molecule has 1 aromatic heterocycles. The largest absolute Gasteiger partial charge is 0.414 e. The normalized spacial score (nSPS) is 14.1. The first-order valence-electron chi connectivity index (χ1n) is 4.07. The number of rotatable bonds is 2. The van der Waals surface area contributed by atoms with Gasteiger partial charge in [0.25, 0.3) is 0 Å². The minimum Gasteiger partial charge on any atom is -0.383 e. The molecule has 2 nitrogen and oxygen atoms in total. The highest BCUT2D eigenvalue weighted by atomic mass is 19.4. The Morgan fingerprint density at radius 3 is 2.57 bits per heavy atom. The monoisotopic (exact) mass is 205 g/mol. The second kappa shape index (κ2) is 3.96. The lowest BCUT2D eigenvalue weighted by Gasteiger charge is -2.13. The number of alkyl halides is 3. The van der Waals surface area contributed by atoms with Gasteiger partial charge in [-0.05, 0) is 19.1 Å². The van der Waals surface area contributed by atoms with Crippen LogP contribution in [0.1, 0.15) is 11.4 Å². The van der Waals surface area contributed by atoms with E-state index in [9.17, 15) is 13.2 Å². The predicted molar refractivity (Wildman–Crippen MR) is 44.7 cm³/mol. The minimum atomic E-state index is -4.58. The molecule has 14 heavy (non-hydrogen) atoms. The van der Waals surface area contributed by atoms with E-state index in [1.807, 2.05) is 0 Å². The highest BCUT2D eigenvalue weighted by molar-refractivity contribution is 5.10. The van der Waals surface area contributed by atoms with Gasteiger partial charge in [-0.15, -0.1) is 0 Å². The first-order valence-corrected chi connectivity index (χ1v) is 4.07. The van der Waals surface area contributed by atoms with Gasteiger partial charge < -0.3 is 5.11 Å². The van der Waals surface area contributed by atoms with Gasteiger partial charge in [-0.25, -0.2) is 0 Å². The summed E-state index contributed by atoms with van der Waals surface area (Å²) in [5.41, 5.74) is 0.881. The molecule has 1 rings (SSSR count). The first-order chi connectivity index (χ1) is 6.39. The Labute approximate surface area is 79.4 Å². The molecule has 0 saturated heterocycles. The zero-order chi connectivity index (χ0) is 10.8. The topological polar surface area (TPSA) is 33.1 Å². The van der Waals surface area contributed by atoms with Gasteiger partial charge in [0.1, 0.15) is 0 Å². The molecule has 0 aromatic carbocycles. The number of aliphatic hydroxyl groups excluding tert-OH is 1. The number of hydrogen-bond acceptors (Lipinski definition) is 2. The molecule has 0 aliphatic rings. The SMILES string of the molecule is Cc1cccc(C[C@H](O)C(F)(F)F)n1. The van der Waals surface area contributed by atoms with Crippen molar-refractivity contribution in [3.63, 3.8) is 0 Å². The highest BCUT2D eigenvalue weighted by Gasteiger charge is 2.38. The van der Waals surface area contributed by atoms with Crippen molar-refractivity contribution < 1.29 is 18.3 Å². The van der Waals surface area contributed by atoms with Crippen LogP contribution in [0, 0.1) is 6.92 Å². The number of pyridine rings is 1. The summed E-state index contributed by atoms with van der Waals surface area (Å²) in [6.07, 6.45) is -7.41. The maximum absolute atomic E-state index is 12.0. The van der Waals surface area contributed by atoms with Gasteiger partial charge in [0, 0.05) is 17.8 Å². The lowest BCUT2D eigenvalue weighted by atomic mass is 10.1. The van der Waals surface area contributed by atoms with Gasteiger partial charge in [0.05, 0.1) is 0 Å². The lowest BCUT2D eigenvalue weighted by molar-refractivity contribution is -0.203. The summed E-state index contributed by atoms with van der Waals surface area (Å²) in [5.74, 6) is 0. The minimum absolute atomic E-state index is 0.245. The van der Waals surface area contributed by atoms with Gasteiger partial charge in [0.2, 0.25) is 0 Å². The molecule has 0 fully saturated rings. The van der Waals surface area contributed by atoms with Crippen LogP contribution in [0.5, 0.6) is 0 Å². The fourth-order valence-electron chi connectivity index (χ4n) is 1.03. The zero-order valence-corrected chi connectivity index (χ0v) is 7.54. The summed E-state index contributed by atoms with van der Waals surface area (Å²) < 4.78 is 35.9. The van der Waals surface area contributed by atoms with Crippen LogP contribution >= 0.6 is 0 Å². The van der Waals surface area contributed by atoms with Gasteiger partial charge in [-0.3, -0.25) is 4.98 Å². The molecule has 0 bridgehead atoms. The van der Waals surface area contributed by atoms with E-state index in [2.05, 4.69) is 4.98 Å². The van der Waals surface area contributed by atoms with Crippen LogP contribution in [0.15, 0.2) is 18.2 Å². The van der Waals surface area contributed by atoms with Crippen molar-refractivity contribution in [2.24, 2.45) is 0 Å². The third-order valence-corrected chi connectivity index (χ3v) is 1.73. The maximum Gasteiger partial charge on any atom is 0.414 e. The van der Waals surface area contributed by atoms with Crippen molar-refractivity contribution in [3.8, 4) is 0 Å². The van der Waals surface area contributed by atoms with Crippen LogP contribution in [-0.2, 0) is 6.42 Å². The number of aromatic nitrogens is 1. The average molecular weight is 205 g/mol. The van der Waals surface area contributed by atoms with Crippen LogP contribution in [0.4, 0.5) is 13.2 Å². The number of aliphatic hydroxyl groups is 1. The third kappa shape index (κ3) is 2.99. The van der Waals surface area contributed by atoms with Crippen LogP contribution in [0.3, 0.4) is 0 Å². The van der Waals surface area contributed by atoms with Crippen molar-refractivity contribution in [1.29, 1.82) is 0 Å². The Balaban J connectivity index is 2.70. The molecule has 0 radical (unpaired) electrons. The van der Waals surface area contributed by atoms with Gasteiger partial charge in [-0.1, -0.05) is 6.07 Å².